The standard InChI is InChI=1S/C24H24N6O2/c1-3-4-5-8-13-29-16(2)26-22-20(24(29)31)21-23(28-19-12-7-6-11-18(19)27-21)30(22)25-15-17-10-9-14-32-17/h6-7,9-12,14-15H,3-5,8,13H2,1-2H3/b25-15-. The van der Waals surface area contributed by atoms with Gasteiger partial charge in [-0.05, 0) is 37.6 Å². The summed E-state index contributed by atoms with van der Waals surface area (Å²) in [5, 5.41) is 5.00. The van der Waals surface area contributed by atoms with Crippen molar-refractivity contribution < 1.29 is 4.42 Å². The van der Waals surface area contributed by atoms with E-state index >= 15 is 0 Å². The molecule has 5 rings (SSSR count). The Morgan fingerprint density at radius 3 is 2.56 bits per heavy atom. The molecule has 8 heteroatoms. The predicted molar refractivity (Wildman–Crippen MR) is 125 cm³/mol. The second-order valence-corrected chi connectivity index (χ2v) is 7.83. The Bertz CT molecular complexity index is 1490. The fraction of sp³-hybridized carbons (Fsp3) is 0.292. The molecule has 0 spiro atoms. The molecule has 0 N–H and O–H groups in total. The molecule has 0 aliphatic heterocycles. The molecule has 0 atom stereocenters. The van der Waals surface area contributed by atoms with Crippen LogP contribution in [0.25, 0.3) is 33.2 Å². The number of aryl methyl sites for hydroxylation is 1. The maximum absolute atomic E-state index is 13.6. The highest BCUT2D eigenvalue weighted by atomic mass is 16.3. The summed E-state index contributed by atoms with van der Waals surface area (Å²) in [6.45, 7) is 4.67. The highest BCUT2D eigenvalue weighted by Gasteiger charge is 2.21. The lowest BCUT2D eigenvalue weighted by atomic mass is 10.2. The number of furan rings is 1. The molecular weight excluding hydrogens is 404 g/mol. The fourth-order valence-electron chi connectivity index (χ4n) is 3.96. The molecule has 0 bridgehead atoms. The van der Waals surface area contributed by atoms with E-state index in [4.69, 9.17) is 19.4 Å². The minimum absolute atomic E-state index is 0.106. The van der Waals surface area contributed by atoms with Crippen LogP contribution in [0.5, 0.6) is 0 Å². The molecule has 0 saturated carbocycles. The van der Waals surface area contributed by atoms with E-state index in [0.717, 1.165) is 36.7 Å². The van der Waals surface area contributed by atoms with Gasteiger partial charge in [0, 0.05) is 6.54 Å². The highest BCUT2D eigenvalue weighted by molar-refractivity contribution is 6.04. The average molecular weight is 428 g/mol. The molecule has 0 fully saturated rings. The Hall–Kier alpha value is -3.81. The summed E-state index contributed by atoms with van der Waals surface area (Å²) < 4.78 is 8.70. The van der Waals surface area contributed by atoms with Crippen LogP contribution in [0.4, 0.5) is 0 Å². The molecule has 8 nitrogen and oxygen atoms in total. The summed E-state index contributed by atoms with van der Waals surface area (Å²) >= 11 is 0. The minimum Gasteiger partial charge on any atom is -0.463 e. The molecule has 4 heterocycles. The highest BCUT2D eigenvalue weighted by Crippen LogP contribution is 2.25. The Morgan fingerprint density at radius 1 is 1.00 bits per heavy atom. The van der Waals surface area contributed by atoms with E-state index in [1.807, 2.05) is 31.2 Å². The van der Waals surface area contributed by atoms with E-state index in [0.29, 0.717) is 40.3 Å². The van der Waals surface area contributed by atoms with Gasteiger partial charge in [-0.25, -0.2) is 15.0 Å². The summed E-state index contributed by atoms with van der Waals surface area (Å²) in [6, 6.07) is 11.2. The first-order valence-electron chi connectivity index (χ1n) is 10.9. The van der Waals surface area contributed by atoms with Gasteiger partial charge in [-0.15, -0.1) is 0 Å². The molecule has 0 radical (unpaired) electrons. The van der Waals surface area contributed by atoms with E-state index < -0.39 is 0 Å². The smallest absolute Gasteiger partial charge is 0.265 e. The van der Waals surface area contributed by atoms with Crippen molar-refractivity contribution in [1.29, 1.82) is 0 Å². The van der Waals surface area contributed by atoms with Crippen molar-refractivity contribution in [2.75, 3.05) is 0 Å². The van der Waals surface area contributed by atoms with Crippen molar-refractivity contribution in [3.8, 4) is 0 Å². The van der Waals surface area contributed by atoms with Crippen molar-refractivity contribution >= 4 is 39.4 Å². The first-order valence-corrected chi connectivity index (χ1v) is 10.9. The molecule has 4 aromatic heterocycles. The van der Waals surface area contributed by atoms with E-state index in [1.165, 1.54) is 0 Å². The summed E-state index contributed by atoms with van der Waals surface area (Å²) in [5.41, 5.74) is 2.80. The van der Waals surface area contributed by atoms with Gasteiger partial charge in [0.25, 0.3) is 5.56 Å². The van der Waals surface area contributed by atoms with Crippen LogP contribution >= 0.6 is 0 Å². The Kier molecular flexibility index (Phi) is 5.26. The first-order chi connectivity index (χ1) is 15.7. The molecule has 0 unspecified atom stereocenters. The summed E-state index contributed by atoms with van der Waals surface area (Å²) in [5.74, 6) is 1.25. The number of hydrogen-bond acceptors (Lipinski definition) is 6. The lowest BCUT2D eigenvalue weighted by molar-refractivity contribution is 0.555. The number of nitrogens with zero attached hydrogens (tertiary/aromatic N) is 6. The van der Waals surface area contributed by atoms with Gasteiger partial charge >= 0.3 is 0 Å². The third-order valence-corrected chi connectivity index (χ3v) is 5.61. The summed E-state index contributed by atoms with van der Waals surface area (Å²) in [6.07, 6.45) is 7.49. The van der Waals surface area contributed by atoms with Crippen molar-refractivity contribution in [3.05, 3.63) is 64.6 Å². The van der Waals surface area contributed by atoms with E-state index in [9.17, 15) is 4.79 Å². The topological polar surface area (TPSA) is 91.1 Å². The molecule has 0 amide bonds. The van der Waals surface area contributed by atoms with Crippen LogP contribution in [0.1, 0.15) is 44.2 Å². The second-order valence-electron chi connectivity index (χ2n) is 7.83. The average Bonchev–Trinajstić information content (AvgIpc) is 3.41. The molecule has 0 aliphatic carbocycles. The van der Waals surface area contributed by atoms with Gasteiger partial charge in [0.1, 0.15) is 22.5 Å². The lowest BCUT2D eigenvalue weighted by Gasteiger charge is -2.09. The maximum atomic E-state index is 13.6. The number of benzene rings is 1. The SMILES string of the molecule is CCCCCCn1c(C)nc2c(c1=O)c1nc3ccccc3nc1n2/N=C\c1ccco1. The van der Waals surface area contributed by atoms with Crippen LogP contribution in [0.3, 0.4) is 0 Å². The number of fused-ring (bicyclic) bond motifs is 4. The van der Waals surface area contributed by atoms with Gasteiger partial charge in [-0.2, -0.15) is 9.78 Å². The number of para-hydroxylation sites is 2. The normalized spacial score (nSPS) is 12.1. The Morgan fingerprint density at radius 2 is 1.81 bits per heavy atom. The summed E-state index contributed by atoms with van der Waals surface area (Å²) in [4.78, 5) is 27.9. The van der Waals surface area contributed by atoms with Crippen LogP contribution in [-0.4, -0.2) is 30.4 Å². The van der Waals surface area contributed by atoms with E-state index in [-0.39, 0.29) is 5.56 Å². The number of unbranched alkanes of at least 4 members (excludes halogenated alkanes) is 3. The van der Waals surface area contributed by atoms with Crippen LogP contribution in [0.2, 0.25) is 0 Å². The zero-order valence-electron chi connectivity index (χ0n) is 18.2. The monoisotopic (exact) mass is 428 g/mol. The predicted octanol–water partition coefficient (Wildman–Crippen LogP) is 4.66. The molecule has 1 aromatic carbocycles. The van der Waals surface area contributed by atoms with Crippen molar-refractivity contribution in [3.63, 3.8) is 0 Å². The van der Waals surface area contributed by atoms with Gasteiger partial charge in [0.05, 0.1) is 23.5 Å². The largest absolute Gasteiger partial charge is 0.463 e. The van der Waals surface area contributed by atoms with Gasteiger partial charge in [0.15, 0.2) is 11.3 Å². The third kappa shape index (κ3) is 3.47. The zero-order valence-corrected chi connectivity index (χ0v) is 18.2. The number of hydrogen-bond donors (Lipinski definition) is 0. The molecular formula is C24H24N6O2. The Labute approximate surface area is 184 Å². The molecule has 0 saturated heterocycles. The number of rotatable bonds is 7. The number of aromatic nitrogens is 5. The Balaban J connectivity index is 1.76. The van der Waals surface area contributed by atoms with Crippen molar-refractivity contribution in [2.24, 2.45) is 5.10 Å². The van der Waals surface area contributed by atoms with E-state index in [1.54, 1.807) is 33.9 Å². The molecule has 5 aromatic rings. The van der Waals surface area contributed by atoms with Gasteiger partial charge in [0.2, 0.25) is 0 Å². The molecule has 0 aliphatic rings. The lowest BCUT2D eigenvalue weighted by Crippen LogP contribution is -2.24. The van der Waals surface area contributed by atoms with Crippen LogP contribution < -0.4 is 5.56 Å². The molecule has 162 valence electrons. The van der Waals surface area contributed by atoms with E-state index in [2.05, 4.69) is 12.0 Å². The van der Waals surface area contributed by atoms with Crippen LogP contribution in [0.15, 0.2) is 57.0 Å². The second kappa shape index (κ2) is 8.37. The van der Waals surface area contributed by atoms with Crippen molar-refractivity contribution in [2.45, 2.75) is 46.1 Å². The van der Waals surface area contributed by atoms with Gasteiger partial charge in [-0.1, -0.05) is 38.3 Å². The fourth-order valence-corrected chi connectivity index (χ4v) is 3.96. The quantitative estimate of drug-likeness (QED) is 0.278. The maximum Gasteiger partial charge on any atom is 0.265 e. The van der Waals surface area contributed by atoms with Gasteiger partial charge in [-0.3, -0.25) is 9.36 Å². The molecule has 32 heavy (non-hydrogen) atoms. The first kappa shape index (κ1) is 20.1. The zero-order chi connectivity index (χ0) is 22.1. The minimum atomic E-state index is -0.106. The summed E-state index contributed by atoms with van der Waals surface area (Å²) in [7, 11) is 0. The van der Waals surface area contributed by atoms with Gasteiger partial charge < -0.3 is 4.42 Å². The van der Waals surface area contributed by atoms with Crippen LogP contribution in [0, 0.1) is 6.92 Å². The third-order valence-electron chi connectivity index (χ3n) is 5.61. The van der Waals surface area contributed by atoms with Crippen LogP contribution in [-0.2, 0) is 6.54 Å². The van der Waals surface area contributed by atoms with Crippen molar-refractivity contribution in [1.82, 2.24) is 24.2 Å².